The molecule has 112 valence electrons. The number of nitrogens with zero attached hydrogens (tertiary/aromatic N) is 1. The maximum absolute atomic E-state index is 6.41. The fourth-order valence-electron chi connectivity index (χ4n) is 3.03. The molecule has 20 heavy (non-hydrogen) atoms. The third-order valence-electron chi connectivity index (χ3n) is 4.21. The second-order valence-electron chi connectivity index (χ2n) is 5.95. The van der Waals surface area contributed by atoms with Crippen LogP contribution in [0.2, 0.25) is 0 Å². The number of aryl methyl sites for hydroxylation is 2. The summed E-state index contributed by atoms with van der Waals surface area (Å²) in [5, 5.41) is 0. The summed E-state index contributed by atoms with van der Waals surface area (Å²) < 4.78 is 5.73. The first-order chi connectivity index (χ1) is 9.60. The highest BCUT2D eigenvalue weighted by Crippen LogP contribution is 2.19. The van der Waals surface area contributed by atoms with Crippen LogP contribution in [0, 0.1) is 13.8 Å². The molecule has 1 aromatic carbocycles. The molecular formula is C17H28N2O. The monoisotopic (exact) mass is 276 g/mol. The lowest BCUT2D eigenvalue weighted by Crippen LogP contribution is -2.37. The smallest absolute Gasteiger partial charge is 0.0702 e. The molecule has 1 aliphatic heterocycles. The lowest BCUT2D eigenvalue weighted by Gasteiger charge is -2.27. The van der Waals surface area contributed by atoms with Crippen LogP contribution in [-0.4, -0.2) is 37.2 Å². The number of hydrogen-bond donors (Lipinski definition) is 1. The summed E-state index contributed by atoms with van der Waals surface area (Å²) in [5.41, 5.74) is 10.3. The molecule has 0 radical (unpaired) electrons. The minimum Gasteiger partial charge on any atom is -0.377 e. The Labute approximate surface area is 123 Å². The van der Waals surface area contributed by atoms with Crippen LogP contribution in [0.1, 0.15) is 42.5 Å². The zero-order chi connectivity index (χ0) is 14.5. The van der Waals surface area contributed by atoms with Gasteiger partial charge in [-0.25, -0.2) is 0 Å². The summed E-state index contributed by atoms with van der Waals surface area (Å²) in [6.07, 6.45) is 2.79. The van der Waals surface area contributed by atoms with Crippen LogP contribution in [0.25, 0.3) is 0 Å². The maximum Gasteiger partial charge on any atom is 0.0702 e. The van der Waals surface area contributed by atoms with Gasteiger partial charge in [-0.15, -0.1) is 0 Å². The molecule has 2 rings (SSSR count). The van der Waals surface area contributed by atoms with Gasteiger partial charge in [0.1, 0.15) is 0 Å². The van der Waals surface area contributed by atoms with Crippen molar-refractivity contribution in [2.75, 3.05) is 26.2 Å². The number of benzene rings is 1. The summed E-state index contributed by atoms with van der Waals surface area (Å²) in [6, 6.07) is 6.62. The molecule has 0 aromatic heterocycles. The van der Waals surface area contributed by atoms with Crippen molar-refractivity contribution in [3.8, 4) is 0 Å². The lowest BCUT2D eigenvalue weighted by atomic mass is 9.99. The molecule has 1 saturated heterocycles. The van der Waals surface area contributed by atoms with E-state index in [4.69, 9.17) is 10.5 Å². The Bertz CT molecular complexity index is 427. The minimum atomic E-state index is 0.0805. The van der Waals surface area contributed by atoms with Gasteiger partial charge in [0.15, 0.2) is 0 Å². The molecule has 1 heterocycles. The predicted molar refractivity (Wildman–Crippen MR) is 83.9 cm³/mol. The highest BCUT2D eigenvalue weighted by Gasteiger charge is 2.20. The van der Waals surface area contributed by atoms with Crippen molar-refractivity contribution in [1.29, 1.82) is 0 Å². The Morgan fingerprint density at radius 1 is 1.40 bits per heavy atom. The third-order valence-corrected chi connectivity index (χ3v) is 4.21. The van der Waals surface area contributed by atoms with E-state index in [0.717, 1.165) is 26.2 Å². The number of ether oxygens (including phenoxy) is 1. The average molecular weight is 276 g/mol. The summed E-state index contributed by atoms with van der Waals surface area (Å²) in [7, 11) is 0. The van der Waals surface area contributed by atoms with Crippen LogP contribution < -0.4 is 5.73 Å². The summed E-state index contributed by atoms with van der Waals surface area (Å²) in [4.78, 5) is 2.42. The molecule has 3 nitrogen and oxygen atoms in total. The van der Waals surface area contributed by atoms with Crippen LogP contribution in [0.3, 0.4) is 0 Å². The highest BCUT2D eigenvalue weighted by molar-refractivity contribution is 5.32. The molecule has 1 fully saturated rings. The van der Waals surface area contributed by atoms with Gasteiger partial charge in [0.25, 0.3) is 0 Å². The third kappa shape index (κ3) is 4.05. The SMILES string of the molecule is CCN(CC1CCCO1)CC(N)c1ccc(C)cc1C. The Kier molecular flexibility index (Phi) is 5.58. The highest BCUT2D eigenvalue weighted by atomic mass is 16.5. The first-order valence-electron chi connectivity index (χ1n) is 7.76. The number of hydrogen-bond acceptors (Lipinski definition) is 3. The molecule has 3 heteroatoms. The second kappa shape index (κ2) is 7.21. The van der Waals surface area contributed by atoms with E-state index in [0.29, 0.717) is 6.10 Å². The Morgan fingerprint density at radius 2 is 2.20 bits per heavy atom. The van der Waals surface area contributed by atoms with Crippen molar-refractivity contribution in [3.63, 3.8) is 0 Å². The molecule has 0 amide bonds. The fraction of sp³-hybridized carbons (Fsp3) is 0.647. The molecule has 0 spiro atoms. The van der Waals surface area contributed by atoms with Crippen LogP contribution in [-0.2, 0) is 4.74 Å². The van der Waals surface area contributed by atoms with Crippen molar-refractivity contribution < 1.29 is 4.74 Å². The van der Waals surface area contributed by atoms with E-state index in [1.54, 1.807) is 0 Å². The van der Waals surface area contributed by atoms with Gasteiger partial charge in [0.2, 0.25) is 0 Å². The Hall–Kier alpha value is -0.900. The molecule has 2 unspecified atom stereocenters. The molecule has 1 aliphatic rings. The molecule has 0 bridgehead atoms. The summed E-state index contributed by atoms with van der Waals surface area (Å²) in [6.45, 7) is 10.3. The lowest BCUT2D eigenvalue weighted by molar-refractivity contribution is 0.0729. The van der Waals surface area contributed by atoms with E-state index in [1.807, 2.05) is 0 Å². The summed E-state index contributed by atoms with van der Waals surface area (Å²) >= 11 is 0. The number of rotatable bonds is 6. The molecule has 2 atom stereocenters. The van der Waals surface area contributed by atoms with E-state index in [9.17, 15) is 0 Å². The van der Waals surface area contributed by atoms with Gasteiger partial charge in [-0.1, -0.05) is 30.7 Å². The first kappa shape index (κ1) is 15.5. The largest absolute Gasteiger partial charge is 0.377 e. The van der Waals surface area contributed by atoms with Gasteiger partial charge in [-0.3, -0.25) is 4.90 Å². The standard InChI is InChI=1S/C17H28N2O/c1-4-19(11-15-6-5-9-20-15)12-17(18)16-8-7-13(2)10-14(16)3/h7-8,10,15,17H,4-6,9,11-12,18H2,1-3H3. The van der Waals surface area contributed by atoms with E-state index in [2.05, 4.69) is 43.9 Å². The zero-order valence-corrected chi connectivity index (χ0v) is 13.1. The maximum atomic E-state index is 6.41. The first-order valence-corrected chi connectivity index (χ1v) is 7.76. The molecular weight excluding hydrogens is 248 g/mol. The quantitative estimate of drug-likeness (QED) is 0.868. The average Bonchev–Trinajstić information content (AvgIpc) is 2.90. The fourth-order valence-corrected chi connectivity index (χ4v) is 3.03. The van der Waals surface area contributed by atoms with Gasteiger partial charge in [0.05, 0.1) is 6.10 Å². The van der Waals surface area contributed by atoms with Crippen molar-refractivity contribution in [3.05, 3.63) is 34.9 Å². The van der Waals surface area contributed by atoms with Crippen molar-refractivity contribution in [2.45, 2.75) is 45.8 Å². The van der Waals surface area contributed by atoms with E-state index in [1.165, 1.54) is 29.5 Å². The molecule has 0 aliphatic carbocycles. The molecule has 0 saturated carbocycles. The van der Waals surface area contributed by atoms with Gasteiger partial charge in [0, 0.05) is 25.7 Å². The molecule has 2 N–H and O–H groups in total. The van der Waals surface area contributed by atoms with E-state index in [-0.39, 0.29) is 6.04 Å². The van der Waals surface area contributed by atoms with Crippen molar-refractivity contribution >= 4 is 0 Å². The second-order valence-corrected chi connectivity index (χ2v) is 5.95. The zero-order valence-electron chi connectivity index (χ0n) is 13.1. The Morgan fingerprint density at radius 3 is 2.80 bits per heavy atom. The van der Waals surface area contributed by atoms with Gasteiger partial charge in [-0.2, -0.15) is 0 Å². The van der Waals surface area contributed by atoms with Gasteiger partial charge >= 0.3 is 0 Å². The van der Waals surface area contributed by atoms with Crippen LogP contribution in [0.15, 0.2) is 18.2 Å². The van der Waals surface area contributed by atoms with Crippen LogP contribution in [0.5, 0.6) is 0 Å². The van der Waals surface area contributed by atoms with Crippen LogP contribution >= 0.6 is 0 Å². The normalized spacial score (nSPS) is 20.6. The molecule has 1 aromatic rings. The van der Waals surface area contributed by atoms with Crippen LogP contribution in [0.4, 0.5) is 0 Å². The number of nitrogens with two attached hydrogens (primary N) is 1. The predicted octanol–water partition coefficient (Wildman–Crippen LogP) is 2.80. The van der Waals surface area contributed by atoms with Crippen molar-refractivity contribution in [1.82, 2.24) is 4.90 Å². The Balaban J connectivity index is 1.95. The van der Waals surface area contributed by atoms with Crippen molar-refractivity contribution in [2.24, 2.45) is 5.73 Å². The van der Waals surface area contributed by atoms with Gasteiger partial charge < -0.3 is 10.5 Å². The summed E-state index contributed by atoms with van der Waals surface area (Å²) in [5.74, 6) is 0. The topological polar surface area (TPSA) is 38.5 Å². The number of likely N-dealkylation sites (N-methyl/N-ethyl adjacent to an activating group) is 1. The van der Waals surface area contributed by atoms with E-state index >= 15 is 0 Å². The van der Waals surface area contributed by atoms with Gasteiger partial charge in [-0.05, 0) is 44.4 Å². The van der Waals surface area contributed by atoms with E-state index < -0.39 is 0 Å². The minimum absolute atomic E-state index is 0.0805.